The highest BCUT2D eigenvalue weighted by Crippen LogP contribution is 2.26. The zero-order chi connectivity index (χ0) is 17.7. The molecule has 1 heterocycles. The molecule has 1 amide bonds. The smallest absolute Gasteiger partial charge is 0.291 e. The predicted octanol–water partition coefficient (Wildman–Crippen LogP) is 2.49. The van der Waals surface area contributed by atoms with Crippen molar-refractivity contribution in [1.29, 1.82) is 0 Å². The number of H-pyrrole nitrogens is 1. The first-order valence-corrected chi connectivity index (χ1v) is 7.46. The van der Waals surface area contributed by atoms with Gasteiger partial charge < -0.3 is 9.47 Å². The maximum atomic E-state index is 12.0. The Morgan fingerprint density at radius 1 is 1.21 bits per heavy atom. The summed E-state index contributed by atoms with van der Waals surface area (Å²) < 4.78 is 10.4. The van der Waals surface area contributed by atoms with Crippen LogP contribution >= 0.6 is 0 Å². The molecule has 0 aliphatic heterocycles. The number of methoxy groups -OCH3 is 2. The molecular weight excluding hydrogens is 308 g/mol. The SMILES string of the molecule is COc1ccc(C=NNC(=O)c2cc(C(C)(C)C)[nH]n2)cc1OC. The first-order chi connectivity index (χ1) is 11.3. The second kappa shape index (κ2) is 7.16. The summed E-state index contributed by atoms with van der Waals surface area (Å²) in [6.07, 6.45) is 1.52. The Morgan fingerprint density at radius 3 is 2.50 bits per heavy atom. The topological polar surface area (TPSA) is 88.6 Å². The summed E-state index contributed by atoms with van der Waals surface area (Å²) in [5, 5.41) is 10.8. The van der Waals surface area contributed by atoms with Crippen molar-refractivity contribution in [1.82, 2.24) is 15.6 Å². The van der Waals surface area contributed by atoms with Crippen LogP contribution < -0.4 is 14.9 Å². The number of ether oxygens (including phenoxy) is 2. The van der Waals surface area contributed by atoms with Crippen molar-refractivity contribution in [3.63, 3.8) is 0 Å². The standard InChI is InChI=1S/C17H22N4O3/c1-17(2,3)15-9-12(19-20-15)16(22)21-18-10-11-6-7-13(23-4)14(8-11)24-5/h6-10H,1-5H3,(H,19,20)(H,21,22). The van der Waals surface area contributed by atoms with Crippen LogP contribution in [-0.4, -0.2) is 36.5 Å². The highest BCUT2D eigenvalue weighted by atomic mass is 16.5. The van der Waals surface area contributed by atoms with Gasteiger partial charge in [-0.05, 0) is 29.8 Å². The molecule has 0 atom stereocenters. The number of rotatable bonds is 5. The summed E-state index contributed by atoms with van der Waals surface area (Å²) in [5.74, 6) is 0.846. The fraction of sp³-hybridized carbons (Fsp3) is 0.353. The van der Waals surface area contributed by atoms with Gasteiger partial charge in [0.2, 0.25) is 0 Å². The van der Waals surface area contributed by atoms with Crippen LogP contribution in [0.5, 0.6) is 11.5 Å². The second-order valence-corrected chi connectivity index (χ2v) is 6.23. The Labute approximate surface area is 141 Å². The number of hydrogen-bond donors (Lipinski definition) is 2. The van der Waals surface area contributed by atoms with Crippen LogP contribution in [0, 0.1) is 0 Å². The van der Waals surface area contributed by atoms with Gasteiger partial charge in [0.05, 0.1) is 20.4 Å². The van der Waals surface area contributed by atoms with Gasteiger partial charge in [-0.1, -0.05) is 20.8 Å². The van der Waals surface area contributed by atoms with Crippen LogP contribution in [0.15, 0.2) is 29.4 Å². The Balaban J connectivity index is 2.03. The van der Waals surface area contributed by atoms with Crippen molar-refractivity contribution in [3.05, 3.63) is 41.2 Å². The molecule has 0 unspecified atom stereocenters. The molecule has 0 aliphatic carbocycles. The number of carbonyl (C=O) groups is 1. The Hall–Kier alpha value is -2.83. The summed E-state index contributed by atoms with van der Waals surface area (Å²) >= 11 is 0. The number of aromatic amines is 1. The molecule has 7 heteroatoms. The van der Waals surface area contributed by atoms with Gasteiger partial charge in [-0.15, -0.1) is 0 Å². The fourth-order valence-electron chi connectivity index (χ4n) is 1.98. The lowest BCUT2D eigenvalue weighted by Crippen LogP contribution is -2.18. The first-order valence-electron chi connectivity index (χ1n) is 7.46. The molecule has 24 heavy (non-hydrogen) atoms. The molecule has 2 aromatic rings. The molecule has 2 N–H and O–H groups in total. The van der Waals surface area contributed by atoms with Gasteiger partial charge in [-0.2, -0.15) is 10.2 Å². The zero-order valence-electron chi connectivity index (χ0n) is 14.5. The average Bonchev–Trinajstić information content (AvgIpc) is 3.05. The van der Waals surface area contributed by atoms with Crippen molar-refractivity contribution in [2.45, 2.75) is 26.2 Å². The number of nitrogens with one attached hydrogen (secondary N) is 2. The van der Waals surface area contributed by atoms with Crippen LogP contribution in [0.4, 0.5) is 0 Å². The molecule has 0 fully saturated rings. The van der Waals surface area contributed by atoms with Crippen molar-refractivity contribution in [2.24, 2.45) is 5.10 Å². The molecular formula is C17H22N4O3. The normalized spacial score (nSPS) is 11.5. The highest BCUT2D eigenvalue weighted by molar-refractivity contribution is 5.93. The third-order valence-electron chi connectivity index (χ3n) is 3.41. The molecule has 0 bridgehead atoms. The number of carbonyl (C=O) groups excluding carboxylic acids is 1. The van der Waals surface area contributed by atoms with Crippen LogP contribution in [0.3, 0.4) is 0 Å². The number of nitrogens with zero attached hydrogens (tertiary/aromatic N) is 2. The Morgan fingerprint density at radius 2 is 1.92 bits per heavy atom. The molecule has 2 rings (SSSR count). The van der Waals surface area contributed by atoms with Gasteiger partial charge in [0.25, 0.3) is 5.91 Å². The quantitative estimate of drug-likeness (QED) is 0.651. The molecule has 0 saturated heterocycles. The third kappa shape index (κ3) is 4.13. The molecule has 0 aliphatic rings. The lowest BCUT2D eigenvalue weighted by Gasteiger charge is -2.14. The maximum Gasteiger partial charge on any atom is 0.291 e. The van der Waals surface area contributed by atoms with E-state index in [0.717, 1.165) is 11.3 Å². The fourth-order valence-corrected chi connectivity index (χ4v) is 1.98. The van der Waals surface area contributed by atoms with E-state index < -0.39 is 0 Å². The summed E-state index contributed by atoms with van der Waals surface area (Å²) in [5.41, 5.74) is 4.30. The first kappa shape index (κ1) is 17.5. The number of amides is 1. The number of hydrazone groups is 1. The number of hydrogen-bond acceptors (Lipinski definition) is 5. The van der Waals surface area contributed by atoms with Gasteiger partial charge >= 0.3 is 0 Å². The summed E-state index contributed by atoms with van der Waals surface area (Å²) in [4.78, 5) is 12.0. The molecule has 7 nitrogen and oxygen atoms in total. The van der Waals surface area contributed by atoms with E-state index in [9.17, 15) is 4.79 Å². The Kier molecular flexibility index (Phi) is 5.23. The molecule has 0 spiro atoms. The summed E-state index contributed by atoms with van der Waals surface area (Å²) in [6, 6.07) is 7.07. The van der Waals surface area contributed by atoms with Gasteiger partial charge in [0.1, 0.15) is 0 Å². The minimum atomic E-state index is -0.376. The zero-order valence-corrected chi connectivity index (χ0v) is 14.5. The lowest BCUT2D eigenvalue weighted by atomic mass is 9.92. The molecule has 1 aromatic carbocycles. The summed E-state index contributed by atoms with van der Waals surface area (Å²) in [6.45, 7) is 6.12. The van der Waals surface area contributed by atoms with E-state index in [0.29, 0.717) is 17.2 Å². The van der Waals surface area contributed by atoms with Gasteiger partial charge in [-0.25, -0.2) is 5.43 Å². The third-order valence-corrected chi connectivity index (χ3v) is 3.41. The van der Waals surface area contributed by atoms with Crippen molar-refractivity contribution < 1.29 is 14.3 Å². The van der Waals surface area contributed by atoms with E-state index in [1.807, 2.05) is 26.8 Å². The van der Waals surface area contributed by atoms with E-state index in [1.165, 1.54) is 6.21 Å². The average molecular weight is 330 g/mol. The van der Waals surface area contributed by atoms with Crippen LogP contribution in [0.25, 0.3) is 0 Å². The van der Waals surface area contributed by atoms with E-state index in [-0.39, 0.29) is 11.3 Å². The van der Waals surface area contributed by atoms with Crippen LogP contribution in [0.1, 0.15) is 42.5 Å². The lowest BCUT2D eigenvalue weighted by molar-refractivity contribution is 0.0950. The minimum Gasteiger partial charge on any atom is -0.493 e. The predicted molar refractivity (Wildman–Crippen MR) is 91.9 cm³/mol. The van der Waals surface area contributed by atoms with Crippen molar-refractivity contribution >= 4 is 12.1 Å². The van der Waals surface area contributed by atoms with E-state index in [1.54, 1.807) is 32.4 Å². The van der Waals surface area contributed by atoms with Crippen molar-refractivity contribution in [2.75, 3.05) is 14.2 Å². The maximum absolute atomic E-state index is 12.0. The molecule has 1 aromatic heterocycles. The molecule has 128 valence electrons. The monoisotopic (exact) mass is 330 g/mol. The van der Waals surface area contributed by atoms with Gasteiger partial charge in [0, 0.05) is 11.1 Å². The number of aromatic nitrogens is 2. The van der Waals surface area contributed by atoms with Gasteiger partial charge in [-0.3, -0.25) is 9.89 Å². The van der Waals surface area contributed by atoms with Crippen molar-refractivity contribution in [3.8, 4) is 11.5 Å². The molecule has 0 saturated carbocycles. The van der Waals surface area contributed by atoms with Crippen LogP contribution in [-0.2, 0) is 5.41 Å². The minimum absolute atomic E-state index is 0.103. The van der Waals surface area contributed by atoms with Gasteiger partial charge in [0.15, 0.2) is 17.2 Å². The van der Waals surface area contributed by atoms with E-state index >= 15 is 0 Å². The highest BCUT2D eigenvalue weighted by Gasteiger charge is 2.19. The second-order valence-electron chi connectivity index (χ2n) is 6.23. The Bertz CT molecular complexity index is 745. The van der Waals surface area contributed by atoms with Crippen LogP contribution in [0.2, 0.25) is 0 Å². The largest absolute Gasteiger partial charge is 0.493 e. The molecule has 0 radical (unpaired) electrons. The summed E-state index contributed by atoms with van der Waals surface area (Å²) in [7, 11) is 3.13. The van der Waals surface area contributed by atoms with E-state index in [2.05, 4.69) is 20.7 Å². The van der Waals surface area contributed by atoms with E-state index in [4.69, 9.17) is 9.47 Å². The number of benzene rings is 1.